The van der Waals surface area contributed by atoms with Gasteiger partial charge in [0.05, 0.1) is 13.2 Å². The van der Waals surface area contributed by atoms with E-state index in [-0.39, 0.29) is 24.8 Å². The van der Waals surface area contributed by atoms with E-state index in [2.05, 4.69) is 0 Å². The molecule has 0 fully saturated rings. The Hall–Kier alpha value is -1.26. The highest BCUT2D eigenvalue weighted by Crippen LogP contribution is 2.12. The third-order valence-corrected chi connectivity index (χ3v) is 1.84. The van der Waals surface area contributed by atoms with Gasteiger partial charge in [-0.2, -0.15) is 0 Å². The zero-order chi connectivity index (χ0) is 10.6. The van der Waals surface area contributed by atoms with Crippen molar-refractivity contribution in [3.8, 4) is 0 Å². The van der Waals surface area contributed by atoms with Gasteiger partial charge >= 0.3 is 0 Å². The van der Waals surface area contributed by atoms with E-state index in [1.54, 1.807) is 0 Å². The predicted molar refractivity (Wildman–Crippen MR) is 49.9 cm³/mol. The minimum Gasteiger partial charge on any atom is -0.380 e. The average Bonchev–Trinajstić information content (AvgIpc) is 2.14. The van der Waals surface area contributed by atoms with Crippen molar-refractivity contribution in [3.05, 3.63) is 23.3 Å². The third kappa shape index (κ3) is 2.37. The summed E-state index contributed by atoms with van der Waals surface area (Å²) < 4.78 is 9.59. The van der Waals surface area contributed by atoms with Gasteiger partial charge in [0.15, 0.2) is 11.6 Å². The van der Waals surface area contributed by atoms with Gasteiger partial charge in [-0.25, -0.2) is 0 Å². The molecule has 0 atom stereocenters. The lowest BCUT2D eigenvalue weighted by Crippen LogP contribution is -2.18. The van der Waals surface area contributed by atoms with Gasteiger partial charge in [-0.05, 0) is 12.2 Å². The average molecular weight is 196 g/mol. The maximum atomic E-state index is 11.4. The molecule has 0 aromatic heterocycles. The van der Waals surface area contributed by atoms with Gasteiger partial charge in [-0.15, -0.1) is 0 Å². The normalized spacial score (nSPS) is 16.7. The molecule has 1 aliphatic rings. The van der Waals surface area contributed by atoms with E-state index in [9.17, 15) is 9.59 Å². The topological polar surface area (TPSA) is 52.6 Å². The fraction of sp³-hybridized carbons (Fsp3) is 0.400. The first-order chi connectivity index (χ1) is 6.69. The second-order valence-electron chi connectivity index (χ2n) is 2.93. The van der Waals surface area contributed by atoms with Crippen LogP contribution in [-0.2, 0) is 19.1 Å². The first-order valence-electron chi connectivity index (χ1n) is 4.16. The Kier molecular flexibility index (Phi) is 3.73. The lowest BCUT2D eigenvalue weighted by atomic mass is 9.98. The van der Waals surface area contributed by atoms with Crippen LogP contribution >= 0.6 is 0 Å². The number of allylic oxidation sites excluding steroid dienone is 2. The molecule has 1 rings (SSSR count). The lowest BCUT2D eigenvalue weighted by Gasteiger charge is -2.10. The van der Waals surface area contributed by atoms with Crippen LogP contribution in [0.1, 0.15) is 0 Å². The molecule has 0 N–H and O–H groups in total. The first-order valence-corrected chi connectivity index (χ1v) is 4.16. The SMILES string of the molecule is COCC1=CC(=O)C(COC)=CC1=O. The molecule has 0 heterocycles. The number of carbonyl (C=O) groups excluding carboxylic acids is 2. The molecule has 0 amide bonds. The van der Waals surface area contributed by atoms with Crippen LogP contribution in [-0.4, -0.2) is 39.0 Å². The van der Waals surface area contributed by atoms with Crippen molar-refractivity contribution in [3.63, 3.8) is 0 Å². The summed E-state index contributed by atoms with van der Waals surface area (Å²) in [6, 6.07) is 0. The van der Waals surface area contributed by atoms with Crippen molar-refractivity contribution in [2.75, 3.05) is 27.4 Å². The molecule has 0 spiro atoms. The van der Waals surface area contributed by atoms with E-state index in [0.717, 1.165) is 0 Å². The van der Waals surface area contributed by atoms with Crippen LogP contribution in [0, 0.1) is 0 Å². The summed E-state index contributed by atoms with van der Waals surface area (Å²) in [6.07, 6.45) is 2.61. The second-order valence-corrected chi connectivity index (χ2v) is 2.93. The number of methoxy groups -OCH3 is 2. The molecular formula is C10H12O4. The van der Waals surface area contributed by atoms with Gasteiger partial charge in [-0.1, -0.05) is 0 Å². The zero-order valence-electron chi connectivity index (χ0n) is 8.20. The van der Waals surface area contributed by atoms with Crippen LogP contribution in [0.4, 0.5) is 0 Å². The Balaban J connectivity index is 2.79. The van der Waals surface area contributed by atoms with Crippen molar-refractivity contribution in [2.45, 2.75) is 0 Å². The van der Waals surface area contributed by atoms with E-state index < -0.39 is 0 Å². The Morgan fingerprint density at radius 3 is 1.57 bits per heavy atom. The maximum Gasteiger partial charge on any atom is 0.184 e. The van der Waals surface area contributed by atoms with Crippen LogP contribution in [0.15, 0.2) is 23.3 Å². The second kappa shape index (κ2) is 4.83. The van der Waals surface area contributed by atoms with Crippen LogP contribution in [0.3, 0.4) is 0 Å². The van der Waals surface area contributed by atoms with Gasteiger partial charge in [-0.3, -0.25) is 9.59 Å². The molecule has 0 saturated carbocycles. The number of hydrogen-bond acceptors (Lipinski definition) is 4. The Bertz CT molecular complexity index is 280. The number of carbonyl (C=O) groups is 2. The Labute approximate surface area is 82.2 Å². The van der Waals surface area contributed by atoms with Gasteiger partial charge in [0.2, 0.25) is 0 Å². The summed E-state index contributed by atoms with van der Waals surface area (Å²) in [5.41, 5.74) is 0.773. The van der Waals surface area contributed by atoms with E-state index in [1.165, 1.54) is 26.4 Å². The summed E-state index contributed by atoms with van der Waals surface area (Å²) in [6.45, 7) is 0.336. The summed E-state index contributed by atoms with van der Waals surface area (Å²) in [7, 11) is 2.96. The van der Waals surface area contributed by atoms with E-state index in [1.807, 2.05) is 0 Å². The molecule has 0 aromatic rings. The van der Waals surface area contributed by atoms with Crippen LogP contribution in [0.25, 0.3) is 0 Å². The molecule has 0 aliphatic heterocycles. The Morgan fingerprint density at radius 1 is 0.929 bits per heavy atom. The van der Waals surface area contributed by atoms with Crippen LogP contribution in [0.2, 0.25) is 0 Å². The standard InChI is InChI=1S/C10H12O4/c1-13-5-7-3-10(12)8(6-14-2)4-9(7)11/h3-4H,5-6H2,1-2H3. The maximum absolute atomic E-state index is 11.4. The molecule has 4 nitrogen and oxygen atoms in total. The van der Waals surface area contributed by atoms with Gasteiger partial charge < -0.3 is 9.47 Å². The van der Waals surface area contributed by atoms with E-state index in [4.69, 9.17) is 9.47 Å². The summed E-state index contributed by atoms with van der Waals surface area (Å²) in [5.74, 6) is -0.364. The summed E-state index contributed by atoms with van der Waals surface area (Å²) >= 11 is 0. The predicted octanol–water partition coefficient (Wildman–Crippen LogP) is 0.284. The van der Waals surface area contributed by atoms with Crippen molar-refractivity contribution in [1.82, 2.24) is 0 Å². The molecular weight excluding hydrogens is 184 g/mol. The molecule has 76 valence electrons. The molecule has 0 saturated heterocycles. The Morgan fingerprint density at radius 2 is 1.29 bits per heavy atom. The van der Waals surface area contributed by atoms with Crippen molar-refractivity contribution >= 4 is 11.6 Å². The number of hydrogen-bond donors (Lipinski definition) is 0. The highest BCUT2D eigenvalue weighted by Gasteiger charge is 2.19. The molecule has 0 unspecified atom stereocenters. The number of ketones is 2. The molecule has 1 aliphatic carbocycles. The first kappa shape index (κ1) is 10.8. The number of rotatable bonds is 4. The highest BCUT2D eigenvalue weighted by molar-refractivity contribution is 6.20. The van der Waals surface area contributed by atoms with Crippen molar-refractivity contribution in [1.29, 1.82) is 0 Å². The van der Waals surface area contributed by atoms with Crippen molar-refractivity contribution < 1.29 is 19.1 Å². The monoisotopic (exact) mass is 196 g/mol. The minimum absolute atomic E-state index is 0.168. The third-order valence-electron chi connectivity index (χ3n) is 1.84. The van der Waals surface area contributed by atoms with Gasteiger partial charge in [0.25, 0.3) is 0 Å². The summed E-state index contributed by atoms with van der Waals surface area (Å²) in [4.78, 5) is 22.8. The zero-order valence-corrected chi connectivity index (χ0v) is 8.20. The summed E-state index contributed by atoms with van der Waals surface area (Å²) in [5, 5.41) is 0. The molecule has 14 heavy (non-hydrogen) atoms. The van der Waals surface area contributed by atoms with E-state index in [0.29, 0.717) is 11.1 Å². The van der Waals surface area contributed by atoms with Crippen molar-refractivity contribution in [2.24, 2.45) is 0 Å². The molecule has 0 bridgehead atoms. The van der Waals surface area contributed by atoms with Gasteiger partial charge in [0, 0.05) is 25.4 Å². The number of ether oxygens (including phenoxy) is 2. The van der Waals surface area contributed by atoms with Gasteiger partial charge in [0.1, 0.15) is 0 Å². The fourth-order valence-corrected chi connectivity index (χ4v) is 1.18. The molecule has 4 heteroatoms. The smallest absolute Gasteiger partial charge is 0.184 e. The molecule has 0 radical (unpaired) electrons. The minimum atomic E-state index is -0.182. The quantitative estimate of drug-likeness (QED) is 0.606. The molecule has 0 aromatic carbocycles. The fourth-order valence-electron chi connectivity index (χ4n) is 1.18. The van der Waals surface area contributed by atoms with Crippen LogP contribution < -0.4 is 0 Å². The van der Waals surface area contributed by atoms with E-state index >= 15 is 0 Å². The van der Waals surface area contributed by atoms with Crippen LogP contribution in [0.5, 0.6) is 0 Å². The lowest BCUT2D eigenvalue weighted by molar-refractivity contribution is -0.115. The highest BCUT2D eigenvalue weighted by atomic mass is 16.5. The largest absolute Gasteiger partial charge is 0.380 e.